The molecule has 104 valence electrons. The van der Waals surface area contributed by atoms with Crippen LogP contribution in [-0.4, -0.2) is 54.8 Å². The largest absolute Gasteiger partial charge is 0.495 e. The fourth-order valence-corrected chi connectivity index (χ4v) is 3.35. The summed E-state index contributed by atoms with van der Waals surface area (Å²) in [6, 6.07) is 1.64. The van der Waals surface area contributed by atoms with E-state index in [0.29, 0.717) is 17.2 Å². The van der Waals surface area contributed by atoms with Gasteiger partial charge in [0.1, 0.15) is 9.54 Å². The van der Waals surface area contributed by atoms with E-state index >= 15 is 0 Å². The van der Waals surface area contributed by atoms with E-state index in [9.17, 15) is 9.59 Å². The highest BCUT2D eigenvalue weighted by atomic mass is 79.9. The fraction of sp³-hybridized carbons (Fsp3) is 0.455. The molecule has 19 heavy (non-hydrogen) atoms. The molecule has 1 aromatic heterocycles. The fourth-order valence-electron chi connectivity index (χ4n) is 1.74. The third-order valence-corrected chi connectivity index (χ3v) is 4.48. The molecular weight excluding hydrogens is 338 g/mol. The molecule has 2 rings (SSSR count). The molecule has 0 aliphatic carbocycles. The van der Waals surface area contributed by atoms with Crippen molar-refractivity contribution in [1.82, 2.24) is 4.90 Å². The van der Waals surface area contributed by atoms with Crippen LogP contribution in [0, 0.1) is 0 Å². The summed E-state index contributed by atoms with van der Waals surface area (Å²) in [6.45, 7) is 0.679. The number of amides is 1. The van der Waals surface area contributed by atoms with Gasteiger partial charge in [0.15, 0.2) is 6.10 Å². The van der Waals surface area contributed by atoms with Gasteiger partial charge >= 0.3 is 5.97 Å². The zero-order valence-electron chi connectivity index (χ0n) is 10.1. The number of halogens is 1. The maximum Gasteiger partial charge on any atom is 0.334 e. The number of ether oxygens (including phenoxy) is 2. The summed E-state index contributed by atoms with van der Waals surface area (Å²) in [7, 11) is 1.52. The predicted octanol–water partition coefficient (Wildman–Crippen LogP) is 1.44. The second-order valence-electron chi connectivity index (χ2n) is 3.90. The second-order valence-corrected chi connectivity index (χ2v) is 6.27. The van der Waals surface area contributed by atoms with Gasteiger partial charge in [0, 0.05) is 12.6 Å². The quantitative estimate of drug-likeness (QED) is 0.893. The predicted molar refractivity (Wildman–Crippen MR) is 71.9 cm³/mol. The number of carbonyl (C=O) groups is 2. The van der Waals surface area contributed by atoms with Gasteiger partial charge in [-0.05, 0) is 15.9 Å². The van der Waals surface area contributed by atoms with E-state index in [0.717, 1.165) is 3.79 Å². The van der Waals surface area contributed by atoms with E-state index in [1.54, 1.807) is 6.07 Å². The monoisotopic (exact) mass is 349 g/mol. The first-order valence-corrected chi connectivity index (χ1v) is 7.11. The summed E-state index contributed by atoms with van der Waals surface area (Å²) < 4.78 is 10.9. The summed E-state index contributed by atoms with van der Waals surface area (Å²) in [6.07, 6.45) is -0.956. The van der Waals surface area contributed by atoms with Crippen molar-refractivity contribution in [3.05, 3.63) is 14.7 Å². The molecule has 0 spiro atoms. The zero-order chi connectivity index (χ0) is 14.0. The number of thiophene rings is 1. The van der Waals surface area contributed by atoms with Crippen molar-refractivity contribution >= 4 is 39.1 Å². The molecule has 1 amide bonds. The van der Waals surface area contributed by atoms with Gasteiger partial charge in [-0.25, -0.2) is 4.79 Å². The average Bonchev–Trinajstić information content (AvgIpc) is 2.79. The van der Waals surface area contributed by atoms with E-state index in [4.69, 9.17) is 14.6 Å². The number of rotatable bonds is 3. The lowest BCUT2D eigenvalue weighted by atomic mass is 10.2. The molecular formula is C11H12BrNO5S. The Hall–Kier alpha value is -1.12. The summed E-state index contributed by atoms with van der Waals surface area (Å²) in [5, 5.41) is 8.91. The Morgan fingerprint density at radius 3 is 2.95 bits per heavy atom. The van der Waals surface area contributed by atoms with Crippen LogP contribution >= 0.6 is 27.3 Å². The lowest BCUT2D eigenvalue weighted by Gasteiger charge is -2.30. The minimum atomic E-state index is -1.05. The topological polar surface area (TPSA) is 76.1 Å². The van der Waals surface area contributed by atoms with Gasteiger partial charge in [0.25, 0.3) is 5.91 Å². The van der Waals surface area contributed by atoms with Gasteiger partial charge in [0.05, 0.1) is 25.1 Å². The van der Waals surface area contributed by atoms with Crippen LogP contribution in [0.15, 0.2) is 9.85 Å². The lowest BCUT2D eigenvalue weighted by molar-refractivity contribution is -0.154. The molecule has 1 saturated heterocycles. The van der Waals surface area contributed by atoms with Crippen molar-refractivity contribution in [3.63, 3.8) is 0 Å². The van der Waals surface area contributed by atoms with E-state index in [2.05, 4.69) is 15.9 Å². The van der Waals surface area contributed by atoms with Crippen LogP contribution in [0.4, 0.5) is 0 Å². The molecule has 0 aromatic carbocycles. The Labute approximate surface area is 122 Å². The second kappa shape index (κ2) is 5.89. The van der Waals surface area contributed by atoms with Gasteiger partial charge in [-0.3, -0.25) is 4.79 Å². The number of carboxylic acids is 1. The summed E-state index contributed by atoms with van der Waals surface area (Å²) in [5.41, 5.74) is 0. The van der Waals surface area contributed by atoms with Crippen LogP contribution < -0.4 is 4.74 Å². The Bertz CT molecular complexity index is 503. The zero-order valence-corrected chi connectivity index (χ0v) is 12.5. The summed E-state index contributed by atoms with van der Waals surface area (Å²) in [5.74, 6) is -0.664. The van der Waals surface area contributed by atoms with Gasteiger partial charge in [-0.15, -0.1) is 11.3 Å². The molecule has 1 atom stereocenters. The Balaban J connectivity index is 2.12. The Kier molecular flexibility index (Phi) is 4.43. The number of methoxy groups -OCH3 is 1. The first-order valence-electron chi connectivity index (χ1n) is 5.50. The first-order chi connectivity index (χ1) is 9.02. The number of carbonyl (C=O) groups excluding carboxylic acids is 1. The molecule has 6 nitrogen and oxygen atoms in total. The highest BCUT2D eigenvalue weighted by molar-refractivity contribution is 9.11. The minimum absolute atomic E-state index is 0.0615. The molecule has 1 unspecified atom stereocenters. The van der Waals surface area contributed by atoms with E-state index in [1.807, 2.05) is 0 Å². The summed E-state index contributed by atoms with van der Waals surface area (Å²) in [4.78, 5) is 25.1. The molecule has 0 saturated carbocycles. The standard InChI is InChI=1S/C11H12BrNO5S/c1-17-6-4-8(19-9(6)12)10(14)13-2-3-18-7(5-13)11(15)16/h4,7H,2-3,5H2,1H3,(H,15,16). The smallest absolute Gasteiger partial charge is 0.334 e. The van der Waals surface area contributed by atoms with Gasteiger partial charge in [-0.2, -0.15) is 0 Å². The summed E-state index contributed by atoms with van der Waals surface area (Å²) >= 11 is 4.57. The molecule has 8 heteroatoms. The van der Waals surface area contributed by atoms with Gasteiger partial charge < -0.3 is 19.5 Å². The molecule has 2 heterocycles. The number of morpholine rings is 1. The molecule has 1 aliphatic heterocycles. The van der Waals surface area contributed by atoms with Crippen LogP contribution in [0.25, 0.3) is 0 Å². The van der Waals surface area contributed by atoms with Crippen molar-refractivity contribution in [3.8, 4) is 5.75 Å². The van der Waals surface area contributed by atoms with E-state index in [-0.39, 0.29) is 19.1 Å². The number of carboxylic acid groups (broad SMARTS) is 1. The maximum absolute atomic E-state index is 12.3. The van der Waals surface area contributed by atoms with E-state index < -0.39 is 12.1 Å². The van der Waals surface area contributed by atoms with Crippen LogP contribution in [0.5, 0.6) is 5.75 Å². The first kappa shape index (κ1) is 14.3. The van der Waals surface area contributed by atoms with Crippen molar-refractivity contribution < 1.29 is 24.2 Å². The average molecular weight is 350 g/mol. The van der Waals surface area contributed by atoms with Crippen LogP contribution in [0.1, 0.15) is 9.67 Å². The molecule has 1 fully saturated rings. The van der Waals surface area contributed by atoms with Crippen molar-refractivity contribution in [1.29, 1.82) is 0 Å². The maximum atomic E-state index is 12.3. The minimum Gasteiger partial charge on any atom is -0.495 e. The molecule has 1 N–H and O–H groups in total. The van der Waals surface area contributed by atoms with Crippen molar-refractivity contribution in [2.75, 3.05) is 26.8 Å². The SMILES string of the molecule is COc1cc(C(=O)N2CCOC(C(=O)O)C2)sc1Br. The van der Waals surface area contributed by atoms with Crippen LogP contribution in [-0.2, 0) is 9.53 Å². The van der Waals surface area contributed by atoms with Crippen LogP contribution in [0.3, 0.4) is 0 Å². The molecule has 1 aromatic rings. The lowest BCUT2D eigenvalue weighted by Crippen LogP contribution is -2.48. The van der Waals surface area contributed by atoms with Gasteiger partial charge in [-0.1, -0.05) is 0 Å². The van der Waals surface area contributed by atoms with Crippen molar-refractivity contribution in [2.45, 2.75) is 6.10 Å². The number of hydrogen-bond donors (Lipinski definition) is 1. The molecule has 0 bridgehead atoms. The highest BCUT2D eigenvalue weighted by Gasteiger charge is 2.30. The van der Waals surface area contributed by atoms with E-state index in [1.165, 1.54) is 23.3 Å². The molecule has 1 aliphatic rings. The molecule has 0 radical (unpaired) electrons. The number of nitrogens with zero attached hydrogens (tertiary/aromatic N) is 1. The normalized spacial score (nSPS) is 19.3. The van der Waals surface area contributed by atoms with Crippen LogP contribution in [0.2, 0.25) is 0 Å². The third-order valence-electron chi connectivity index (χ3n) is 2.72. The number of hydrogen-bond acceptors (Lipinski definition) is 5. The van der Waals surface area contributed by atoms with Gasteiger partial charge in [0.2, 0.25) is 0 Å². The Morgan fingerprint density at radius 2 is 2.37 bits per heavy atom. The third kappa shape index (κ3) is 3.07. The highest BCUT2D eigenvalue weighted by Crippen LogP contribution is 2.35. The Morgan fingerprint density at radius 1 is 1.63 bits per heavy atom. The van der Waals surface area contributed by atoms with Crippen molar-refractivity contribution in [2.24, 2.45) is 0 Å². The number of aliphatic carboxylic acids is 1.